The summed E-state index contributed by atoms with van der Waals surface area (Å²) in [5, 5.41) is 20.7. The van der Waals surface area contributed by atoms with E-state index in [4.69, 9.17) is 12.2 Å². The SMILES string of the molecule is CC(C)c1cc(-c2c[nH]c(=S)n2-c2cccc3c2N(I)CS3)c(O)cc1O. The Labute approximate surface area is 180 Å². The number of aromatic nitrogens is 2. The monoisotopic (exact) mass is 511 g/mol. The van der Waals surface area contributed by atoms with E-state index in [9.17, 15) is 10.2 Å². The Balaban J connectivity index is 1.98. The zero-order valence-electron chi connectivity index (χ0n) is 14.7. The number of anilines is 1. The van der Waals surface area contributed by atoms with Crippen molar-refractivity contribution in [1.82, 2.24) is 9.55 Å². The highest BCUT2D eigenvalue weighted by Gasteiger charge is 2.25. The molecule has 8 heteroatoms. The molecule has 0 fully saturated rings. The fraction of sp³-hybridized carbons (Fsp3) is 0.211. The Kier molecular flexibility index (Phi) is 4.89. The molecule has 0 unspecified atom stereocenters. The standard InChI is InChI=1S/C19H18IN3O2S2/c1-10(2)11-6-12(16(25)7-15(11)24)14-8-21-19(26)23(14)13-4-3-5-17-18(13)22(20)9-27-17/h3-8,10,24-25H,9H2,1-2H3,(H,21,26). The van der Waals surface area contributed by atoms with Gasteiger partial charge in [-0.15, -0.1) is 11.8 Å². The Morgan fingerprint density at radius 3 is 2.74 bits per heavy atom. The summed E-state index contributed by atoms with van der Waals surface area (Å²) in [6, 6.07) is 9.40. The van der Waals surface area contributed by atoms with Crippen LogP contribution < -0.4 is 3.11 Å². The molecule has 0 saturated carbocycles. The van der Waals surface area contributed by atoms with Crippen molar-refractivity contribution in [3.05, 3.63) is 46.9 Å². The molecular weight excluding hydrogens is 493 g/mol. The van der Waals surface area contributed by atoms with Gasteiger partial charge in [0, 0.05) is 22.7 Å². The first-order chi connectivity index (χ1) is 12.9. The summed E-state index contributed by atoms with van der Waals surface area (Å²) >= 11 is 9.66. The number of phenols is 2. The molecule has 1 aromatic heterocycles. The van der Waals surface area contributed by atoms with Gasteiger partial charge in [-0.2, -0.15) is 0 Å². The van der Waals surface area contributed by atoms with E-state index in [0.29, 0.717) is 10.3 Å². The average molecular weight is 511 g/mol. The number of benzene rings is 2. The van der Waals surface area contributed by atoms with E-state index in [1.165, 1.54) is 11.0 Å². The van der Waals surface area contributed by atoms with Crippen LogP contribution in [-0.4, -0.2) is 25.6 Å². The number of phenolic OH excluding ortho intramolecular Hbond substituents is 2. The molecule has 0 amide bonds. The van der Waals surface area contributed by atoms with Crippen molar-refractivity contribution in [3.8, 4) is 28.4 Å². The molecular formula is C19H18IN3O2S2. The molecule has 27 heavy (non-hydrogen) atoms. The number of rotatable bonds is 3. The first-order valence-electron chi connectivity index (χ1n) is 8.44. The van der Waals surface area contributed by atoms with E-state index in [1.54, 1.807) is 18.0 Å². The van der Waals surface area contributed by atoms with Crippen LogP contribution in [-0.2, 0) is 0 Å². The van der Waals surface area contributed by atoms with Crippen molar-refractivity contribution in [3.63, 3.8) is 0 Å². The second-order valence-corrected chi connectivity index (χ2v) is 9.19. The molecule has 3 N–H and O–H groups in total. The number of aromatic hydroxyl groups is 2. The molecule has 2 heterocycles. The van der Waals surface area contributed by atoms with Crippen molar-refractivity contribution in [2.75, 3.05) is 8.99 Å². The summed E-state index contributed by atoms with van der Waals surface area (Å²) in [6.07, 6.45) is 1.80. The first-order valence-corrected chi connectivity index (χ1v) is 10.8. The Hall–Kier alpha value is -1.65. The van der Waals surface area contributed by atoms with E-state index >= 15 is 0 Å². The number of hydrogen-bond acceptors (Lipinski definition) is 5. The second kappa shape index (κ2) is 7.06. The van der Waals surface area contributed by atoms with Crippen molar-refractivity contribution in [2.45, 2.75) is 24.7 Å². The number of aromatic amines is 1. The third kappa shape index (κ3) is 3.13. The predicted octanol–water partition coefficient (Wildman–Crippen LogP) is 5.96. The minimum absolute atomic E-state index is 0.0212. The van der Waals surface area contributed by atoms with Gasteiger partial charge in [-0.05, 0) is 41.9 Å². The van der Waals surface area contributed by atoms with Gasteiger partial charge < -0.3 is 18.3 Å². The highest BCUT2D eigenvalue weighted by Crippen LogP contribution is 2.46. The molecule has 0 bridgehead atoms. The lowest BCUT2D eigenvalue weighted by Crippen LogP contribution is -2.07. The zero-order chi connectivity index (χ0) is 19.3. The van der Waals surface area contributed by atoms with Gasteiger partial charge in [-0.1, -0.05) is 19.9 Å². The maximum atomic E-state index is 10.5. The molecule has 3 aromatic rings. The second-order valence-electron chi connectivity index (χ2n) is 6.66. The number of imidazole rings is 1. The van der Waals surface area contributed by atoms with Crippen LogP contribution in [0.1, 0.15) is 25.3 Å². The minimum Gasteiger partial charge on any atom is -0.508 e. The zero-order valence-corrected chi connectivity index (χ0v) is 18.5. The highest BCUT2D eigenvalue weighted by atomic mass is 127. The number of para-hydroxylation sites is 1. The van der Waals surface area contributed by atoms with E-state index in [2.05, 4.69) is 37.0 Å². The summed E-state index contributed by atoms with van der Waals surface area (Å²) < 4.78 is 4.67. The van der Waals surface area contributed by atoms with E-state index in [0.717, 1.165) is 28.5 Å². The van der Waals surface area contributed by atoms with E-state index in [1.807, 2.05) is 36.6 Å². The number of hydrogen-bond donors (Lipinski definition) is 3. The summed E-state index contributed by atoms with van der Waals surface area (Å²) in [6.45, 7) is 4.02. The lowest BCUT2D eigenvalue weighted by molar-refractivity contribution is 0.445. The summed E-state index contributed by atoms with van der Waals surface area (Å²) in [5.74, 6) is 1.12. The van der Waals surface area contributed by atoms with Crippen LogP contribution in [0.4, 0.5) is 5.69 Å². The summed E-state index contributed by atoms with van der Waals surface area (Å²) in [5.41, 5.74) is 4.25. The Morgan fingerprint density at radius 1 is 1.22 bits per heavy atom. The number of nitrogens with zero attached hydrogens (tertiary/aromatic N) is 2. The fourth-order valence-corrected chi connectivity index (χ4v) is 5.56. The quantitative estimate of drug-likeness (QED) is 0.230. The van der Waals surface area contributed by atoms with E-state index in [-0.39, 0.29) is 17.4 Å². The average Bonchev–Trinajstić information content (AvgIpc) is 3.18. The van der Waals surface area contributed by atoms with Crippen molar-refractivity contribution >= 4 is 52.5 Å². The van der Waals surface area contributed by atoms with Gasteiger partial charge >= 0.3 is 0 Å². The number of thioether (sulfide) groups is 1. The smallest absolute Gasteiger partial charge is 0.182 e. The predicted molar refractivity (Wildman–Crippen MR) is 121 cm³/mol. The Bertz CT molecular complexity index is 1090. The number of H-pyrrole nitrogens is 1. The van der Waals surface area contributed by atoms with Crippen LogP contribution in [0.25, 0.3) is 16.9 Å². The van der Waals surface area contributed by atoms with Gasteiger partial charge in [0.05, 0.1) is 45.8 Å². The van der Waals surface area contributed by atoms with E-state index < -0.39 is 0 Å². The molecule has 1 aliphatic heterocycles. The van der Waals surface area contributed by atoms with Crippen LogP contribution >= 0.6 is 46.8 Å². The molecule has 5 nitrogen and oxygen atoms in total. The molecule has 140 valence electrons. The topological polar surface area (TPSA) is 64.4 Å². The summed E-state index contributed by atoms with van der Waals surface area (Å²) in [4.78, 5) is 4.31. The third-order valence-electron chi connectivity index (χ3n) is 4.61. The molecule has 0 spiro atoms. The molecule has 0 saturated heterocycles. The largest absolute Gasteiger partial charge is 0.508 e. The minimum atomic E-state index is 0.0212. The van der Waals surface area contributed by atoms with Gasteiger partial charge in [-0.25, -0.2) is 0 Å². The van der Waals surface area contributed by atoms with Crippen LogP contribution in [0.5, 0.6) is 11.5 Å². The van der Waals surface area contributed by atoms with Crippen molar-refractivity contribution in [2.24, 2.45) is 0 Å². The third-order valence-corrected chi connectivity index (χ3v) is 7.23. The normalized spacial score (nSPS) is 13.4. The molecule has 0 aliphatic carbocycles. The van der Waals surface area contributed by atoms with Crippen molar-refractivity contribution < 1.29 is 10.2 Å². The molecule has 4 rings (SSSR count). The molecule has 0 atom stereocenters. The number of halogens is 1. The maximum absolute atomic E-state index is 10.5. The lowest BCUT2D eigenvalue weighted by Gasteiger charge is -2.18. The van der Waals surface area contributed by atoms with Crippen molar-refractivity contribution in [1.29, 1.82) is 0 Å². The number of fused-ring (bicyclic) bond motifs is 1. The van der Waals surface area contributed by atoms with Crippen LogP contribution in [0.15, 0.2) is 41.4 Å². The van der Waals surface area contributed by atoms with Gasteiger partial charge in [0.15, 0.2) is 4.77 Å². The summed E-state index contributed by atoms with van der Waals surface area (Å²) in [7, 11) is 0. The molecule has 2 aromatic carbocycles. The fourth-order valence-electron chi connectivity index (χ4n) is 3.31. The van der Waals surface area contributed by atoms with Gasteiger partial charge in [0.2, 0.25) is 0 Å². The van der Waals surface area contributed by atoms with Crippen LogP contribution in [0.3, 0.4) is 0 Å². The molecule has 1 aliphatic rings. The van der Waals surface area contributed by atoms with Gasteiger partial charge in [0.25, 0.3) is 0 Å². The lowest BCUT2D eigenvalue weighted by atomic mass is 9.97. The highest BCUT2D eigenvalue weighted by molar-refractivity contribution is 14.1. The number of nitrogens with one attached hydrogen (secondary N) is 1. The Morgan fingerprint density at radius 2 is 2.00 bits per heavy atom. The first kappa shape index (κ1) is 18.7. The molecule has 0 radical (unpaired) electrons. The van der Waals surface area contributed by atoms with Gasteiger partial charge in [-0.3, -0.25) is 4.57 Å². The van der Waals surface area contributed by atoms with Gasteiger partial charge in [0.1, 0.15) is 11.5 Å². The van der Waals surface area contributed by atoms with Crippen LogP contribution in [0, 0.1) is 4.77 Å². The maximum Gasteiger partial charge on any atom is 0.182 e. The van der Waals surface area contributed by atoms with Crippen LogP contribution in [0.2, 0.25) is 0 Å².